The number of hydrogen-bond donors (Lipinski definition) is 1. The molecule has 1 aromatic rings. The van der Waals surface area contributed by atoms with Gasteiger partial charge in [-0.25, -0.2) is 0 Å². The molecule has 2 nitrogen and oxygen atoms in total. The predicted molar refractivity (Wildman–Crippen MR) is 69.4 cm³/mol. The molecule has 0 aliphatic rings. The summed E-state index contributed by atoms with van der Waals surface area (Å²) in [6.45, 7) is 5.98. The molecule has 0 aromatic heterocycles. The molecule has 1 atom stereocenters. The topological polar surface area (TPSA) is 21.3 Å². The van der Waals surface area contributed by atoms with E-state index in [9.17, 15) is 0 Å². The SMILES string of the molecule is CNCC(C)CCOc1ccc(Cl)c(C)c1. The molecule has 0 aliphatic carbocycles. The van der Waals surface area contributed by atoms with Crippen LogP contribution in [0.15, 0.2) is 18.2 Å². The van der Waals surface area contributed by atoms with Crippen LogP contribution in [0.4, 0.5) is 0 Å². The molecule has 3 heteroatoms. The van der Waals surface area contributed by atoms with Gasteiger partial charge in [0.15, 0.2) is 0 Å². The van der Waals surface area contributed by atoms with E-state index < -0.39 is 0 Å². The fourth-order valence-electron chi connectivity index (χ4n) is 1.54. The van der Waals surface area contributed by atoms with E-state index in [0.717, 1.165) is 35.9 Å². The molecule has 90 valence electrons. The van der Waals surface area contributed by atoms with Crippen LogP contribution in [0.2, 0.25) is 5.02 Å². The number of nitrogens with one attached hydrogen (secondary N) is 1. The molecule has 1 N–H and O–H groups in total. The number of ether oxygens (including phenoxy) is 1. The normalized spacial score (nSPS) is 12.5. The Labute approximate surface area is 103 Å². The minimum absolute atomic E-state index is 0.637. The van der Waals surface area contributed by atoms with Crippen LogP contribution in [-0.2, 0) is 0 Å². The number of benzene rings is 1. The Kier molecular flexibility index (Phi) is 5.64. The van der Waals surface area contributed by atoms with Gasteiger partial charge in [0.1, 0.15) is 5.75 Å². The van der Waals surface area contributed by atoms with E-state index in [-0.39, 0.29) is 0 Å². The zero-order chi connectivity index (χ0) is 12.0. The van der Waals surface area contributed by atoms with Crippen LogP contribution in [0, 0.1) is 12.8 Å². The summed E-state index contributed by atoms with van der Waals surface area (Å²) in [6.07, 6.45) is 1.06. The van der Waals surface area contributed by atoms with Crippen LogP contribution < -0.4 is 10.1 Å². The summed E-state index contributed by atoms with van der Waals surface area (Å²) in [6, 6.07) is 5.77. The average Bonchev–Trinajstić information content (AvgIpc) is 2.24. The largest absolute Gasteiger partial charge is 0.494 e. The first-order chi connectivity index (χ1) is 7.63. The highest BCUT2D eigenvalue weighted by Gasteiger charge is 2.02. The van der Waals surface area contributed by atoms with Gasteiger partial charge in [0.2, 0.25) is 0 Å². The van der Waals surface area contributed by atoms with Crippen molar-refractivity contribution >= 4 is 11.6 Å². The van der Waals surface area contributed by atoms with Gasteiger partial charge in [-0.15, -0.1) is 0 Å². The second kappa shape index (κ2) is 6.77. The first-order valence-electron chi connectivity index (χ1n) is 5.67. The molecule has 1 rings (SSSR count). The lowest BCUT2D eigenvalue weighted by Gasteiger charge is -2.12. The van der Waals surface area contributed by atoms with Crippen molar-refractivity contribution in [3.63, 3.8) is 0 Å². The molecule has 16 heavy (non-hydrogen) atoms. The van der Waals surface area contributed by atoms with Gasteiger partial charge in [0.05, 0.1) is 6.61 Å². The Bertz CT molecular complexity index is 328. The number of aryl methyl sites for hydroxylation is 1. The van der Waals surface area contributed by atoms with Crippen LogP contribution in [0.3, 0.4) is 0 Å². The Morgan fingerprint density at radius 3 is 2.81 bits per heavy atom. The molecule has 0 saturated carbocycles. The minimum Gasteiger partial charge on any atom is -0.494 e. The Hall–Kier alpha value is -0.730. The second-order valence-corrected chi connectivity index (χ2v) is 4.62. The average molecular weight is 242 g/mol. The fourth-order valence-corrected chi connectivity index (χ4v) is 1.65. The van der Waals surface area contributed by atoms with Crippen molar-refractivity contribution in [2.75, 3.05) is 20.2 Å². The van der Waals surface area contributed by atoms with E-state index in [1.54, 1.807) is 0 Å². The highest BCUT2D eigenvalue weighted by atomic mass is 35.5. The summed E-state index contributed by atoms with van der Waals surface area (Å²) >= 11 is 5.94. The molecule has 0 saturated heterocycles. The number of rotatable bonds is 6. The molecule has 1 unspecified atom stereocenters. The van der Waals surface area contributed by atoms with Gasteiger partial charge in [-0.3, -0.25) is 0 Å². The summed E-state index contributed by atoms with van der Waals surface area (Å²) < 4.78 is 5.67. The van der Waals surface area contributed by atoms with Crippen molar-refractivity contribution in [1.29, 1.82) is 0 Å². The van der Waals surface area contributed by atoms with Crippen LogP contribution in [-0.4, -0.2) is 20.2 Å². The van der Waals surface area contributed by atoms with E-state index in [0.29, 0.717) is 5.92 Å². The highest BCUT2D eigenvalue weighted by molar-refractivity contribution is 6.31. The highest BCUT2D eigenvalue weighted by Crippen LogP contribution is 2.21. The fraction of sp³-hybridized carbons (Fsp3) is 0.538. The summed E-state index contributed by atoms with van der Waals surface area (Å²) in [4.78, 5) is 0. The van der Waals surface area contributed by atoms with Gasteiger partial charge < -0.3 is 10.1 Å². The van der Waals surface area contributed by atoms with Crippen molar-refractivity contribution < 1.29 is 4.74 Å². The lowest BCUT2D eigenvalue weighted by Crippen LogP contribution is -2.18. The Morgan fingerprint density at radius 1 is 1.44 bits per heavy atom. The van der Waals surface area contributed by atoms with Crippen LogP contribution in [0.1, 0.15) is 18.9 Å². The van der Waals surface area contributed by atoms with Gasteiger partial charge >= 0.3 is 0 Å². The summed E-state index contributed by atoms with van der Waals surface area (Å²) in [5.74, 6) is 1.54. The zero-order valence-corrected chi connectivity index (χ0v) is 11.0. The Balaban J connectivity index is 2.34. The summed E-state index contributed by atoms with van der Waals surface area (Å²) in [5, 5.41) is 3.95. The maximum atomic E-state index is 5.94. The van der Waals surface area contributed by atoms with Gasteiger partial charge in [-0.1, -0.05) is 18.5 Å². The first-order valence-corrected chi connectivity index (χ1v) is 6.05. The van der Waals surface area contributed by atoms with Gasteiger partial charge in [-0.05, 0) is 56.6 Å². The van der Waals surface area contributed by atoms with Crippen molar-refractivity contribution in [2.24, 2.45) is 5.92 Å². The van der Waals surface area contributed by atoms with Crippen LogP contribution >= 0.6 is 11.6 Å². The van der Waals surface area contributed by atoms with E-state index in [4.69, 9.17) is 16.3 Å². The predicted octanol–water partition coefficient (Wildman–Crippen LogP) is 3.27. The second-order valence-electron chi connectivity index (χ2n) is 4.21. The third-order valence-electron chi connectivity index (χ3n) is 2.56. The summed E-state index contributed by atoms with van der Waals surface area (Å²) in [7, 11) is 1.97. The molecule has 0 heterocycles. The zero-order valence-electron chi connectivity index (χ0n) is 10.2. The smallest absolute Gasteiger partial charge is 0.119 e. The monoisotopic (exact) mass is 241 g/mol. The van der Waals surface area contributed by atoms with Gasteiger partial charge in [0, 0.05) is 5.02 Å². The molecule has 0 fully saturated rings. The molecule has 0 bridgehead atoms. The van der Waals surface area contributed by atoms with Crippen molar-refractivity contribution in [1.82, 2.24) is 5.32 Å². The van der Waals surface area contributed by atoms with Gasteiger partial charge in [-0.2, -0.15) is 0 Å². The Morgan fingerprint density at radius 2 is 2.19 bits per heavy atom. The molecule has 0 spiro atoms. The van der Waals surface area contributed by atoms with Crippen LogP contribution in [0.25, 0.3) is 0 Å². The van der Waals surface area contributed by atoms with Crippen molar-refractivity contribution in [3.8, 4) is 5.75 Å². The minimum atomic E-state index is 0.637. The molecular formula is C13H20ClNO. The van der Waals surface area contributed by atoms with Crippen molar-refractivity contribution in [2.45, 2.75) is 20.3 Å². The van der Waals surface area contributed by atoms with Gasteiger partial charge in [0.25, 0.3) is 0 Å². The van der Waals surface area contributed by atoms with E-state index in [1.807, 2.05) is 32.2 Å². The third-order valence-corrected chi connectivity index (χ3v) is 2.99. The van der Waals surface area contributed by atoms with Crippen LogP contribution in [0.5, 0.6) is 5.75 Å². The maximum absolute atomic E-state index is 5.94. The lowest BCUT2D eigenvalue weighted by atomic mass is 10.1. The molecule has 1 aromatic carbocycles. The molecule has 0 radical (unpaired) electrons. The molecule has 0 aliphatic heterocycles. The number of halogens is 1. The summed E-state index contributed by atoms with van der Waals surface area (Å²) in [5.41, 5.74) is 1.06. The van der Waals surface area contributed by atoms with Crippen molar-refractivity contribution in [3.05, 3.63) is 28.8 Å². The van der Waals surface area contributed by atoms with E-state index in [2.05, 4.69) is 12.2 Å². The maximum Gasteiger partial charge on any atom is 0.119 e. The molecular weight excluding hydrogens is 222 g/mol. The quantitative estimate of drug-likeness (QED) is 0.826. The molecule has 0 amide bonds. The number of hydrogen-bond acceptors (Lipinski definition) is 2. The first kappa shape index (κ1) is 13.3. The van der Waals surface area contributed by atoms with E-state index >= 15 is 0 Å². The van der Waals surface area contributed by atoms with E-state index in [1.165, 1.54) is 0 Å². The standard InChI is InChI=1S/C13H20ClNO/c1-10(9-15-3)6-7-16-12-4-5-13(14)11(2)8-12/h4-5,8,10,15H,6-7,9H2,1-3H3. The third kappa shape index (κ3) is 4.42. The lowest BCUT2D eigenvalue weighted by molar-refractivity contribution is 0.282.